The number of amides is 1. The van der Waals surface area contributed by atoms with Gasteiger partial charge in [0.1, 0.15) is 17.1 Å². The van der Waals surface area contributed by atoms with E-state index in [1.165, 1.54) is 0 Å². The number of ether oxygens (including phenoxy) is 3. The molecule has 1 aromatic heterocycles. The Morgan fingerprint density at radius 2 is 1.68 bits per heavy atom. The van der Waals surface area contributed by atoms with Crippen LogP contribution in [0.4, 0.5) is 4.79 Å². The monoisotopic (exact) mass is 471 g/mol. The summed E-state index contributed by atoms with van der Waals surface area (Å²) in [6.45, 7) is 9.99. The van der Waals surface area contributed by atoms with Gasteiger partial charge >= 0.3 is 18.0 Å². The predicted molar refractivity (Wildman–Crippen MR) is 125 cm³/mol. The van der Waals surface area contributed by atoms with Crippen molar-refractivity contribution in [3.8, 4) is 11.3 Å². The Kier molecular flexibility index (Phi) is 7.96. The first-order valence-corrected chi connectivity index (χ1v) is 11.7. The molecule has 3 rings (SSSR count). The molecule has 0 bridgehead atoms. The van der Waals surface area contributed by atoms with E-state index in [1.54, 1.807) is 43.0 Å². The van der Waals surface area contributed by atoms with Gasteiger partial charge in [-0.3, -0.25) is 4.90 Å². The molecule has 1 saturated heterocycles. The van der Waals surface area contributed by atoms with E-state index in [9.17, 15) is 14.4 Å². The molecule has 2 heterocycles. The minimum atomic E-state index is -0.621. The zero-order chi connectivity index (χ0) is 24.9. The van der Waals surface area contributed by atoms with Crippen LogP contribution < -0.4 is 0 Å². The lowest BCUT2D eigenvalue weighted by atomic mass is 10.0. The van der Waals surface area contributed by atoms with E-state index >= 15 is 0 Å². The van der Waals surface area contributed by atoms with Crippen molar-refractivity contribution in [1.82, 2.24) is 14.9 Å². The average molecular weight is 472 g/mol. The number of nitrogens with zero attached hydrogens (tertiary/aromatic N) is 2. The maximum atomic E-state index is 12.9. The van der Waals surface area contributed by atoms with Crippen molar-refractivity contribution in [1.29, 1.82) is 0 Å². The van der Waals surface area contributed by atoms with Crippen LogP contribution in [0.1, 0.15) is 86.6 Å². The van der Waals surface area contributed by atoms with Crippen LogP contribution in [0.5, 0.6) is 0 Å². The third-order valence-corrected chi connectivity index (χ3v) is 5.32. The molecular formula is C25H33N3O6. The molecule has 1 aliphatic heterocycles. The highest BCUT2D eigenvalue weighted by molar-refractivity contribution is 5.95. The molecule has 9 heteroatoms. The highest BCUT2D eigenvalue weighted by Crippen LogP contribution is 2.33. The first-order chi connectivity index (χ1) is 16.1. The second-order valence-corrected chi connectivity index (χ2v) is 9.05. The van der Waals surface area contributed by atoms with Gasteiger partial charge in [0.25, 0.3) is 0 Å². The number of rotatable bonds is 6. The van der Waals surface area contributed by atoms with Crippen molar-refractivity contribution < 1.29 is 28.6 Å². The second-order valence-electron chi connectivity index (χ2n) is 9.05. The summed E-state index contributed by atoms with van der Waals surface area (Å²) in [5.74, 6) is -0.457. The number of aromatic amines is 1. The molecule has 1 aromatic carbocycles. The number of carbonyl (C=O) groups is 3. The maximum absolute atomic E-state index is 12.9. The van der Waals surface area contributed by atoms with E-state index in [2.05, 4.69) is 4.98 Å². The molecule has 0 spiro atoms. The molecular weight excluding hydrogens is 438 g/mol. The van der Waals surface area contributed by atoms with E-state index in [1.807, 2.05) is 20.8 Å². The highest BCUT2D eigenvalue weighted by Gasteiger charge is 2.34. The van der Waals surface area contributed by atoms with Crippen LogP contribution in [0.25, 0.3) is 11.3 Å². The molecule has 1 N–H and O–H groups in total. The summed E-state index contributed by atoms with van der Waals surface area (Å²) in [6, 6.07) is 6.32. The second kappa shape index (κ2) is 10.7. The van der Waals surface area contributed by atoms with E-state index in [-0.39, 0.29) is 24.9 Å². The van der Waals surface area contributed by atoms with Crippen molar-refractivity contribution in [3.63, 3.8) is 0 Å². The molecule has 2 aromatic rings. The lowest BCUT2D eigenvalue weighted by molar-refractivity contribution is 0.00852. The van der Waals surface area contributed by atoms with Gasteiger partial charge in [0.15, 0.2) is 5.69 Å². The largest absolute Gasteiger partial charge is 0.462 e. The minimum absolute atomic E-state index is 0.204. The number of hydrogen-bond acceptors (Lipinski definition) is 7. The van der Waals surface area contributed by atoms with Gasteiger partial charge in [0.05, 0.1) is 24.8 Å². The number of likely N-dealkylation sites (tertiary alicyclic amines) is 1. The Morgan fingerprint density at radius 3 is 2.29 bits per heavy atom. The predicted octanol–water partition coefficient (Wildman–Crippen LogP) is 4.89. The summed E-state index contributed by atoms with van der Waals surface area (Å²) in [4.78, 5) is 47.1. The van der Waals surface area contributed by atoms with Crippen LogP contribution in [0, 0.1) is 0 Å². The van der Waals surface area contributed by atoms with Crippen molar-refractivity contribution in [2.45, 2.75) is 65.5 Å². The van der Waals surface area contributed by atoms with E-state index in [0.29, 0.717) is 35.6 Å². The third-order valence-electron chi connectivity index (χ3n) is 5.32. The van der Waals surface area contributed by atoms with Gasteiger partial charge in [-0.25, -0.2) is 19.4 Å². The van der Waals surface area contributed by atoms with Crippen LogP contribution in [0.2, 0.25) is 0 Å². The zero-order valence-electron chi connectivity index (χ0n) is 20.5. The number of nitrogens with one attached hydrogen (secondary N) is 1. The third kappa shape index (κ3) is 5.95. The van der Waals surface area contributed by atoms with Gasteiger partial charge in [0, 0.05) is 12.1 Å². The number of imidazole rings is 1. The molecule has 0 saturated carbocycles. The fourth-order valence-electron chi connectivity index (χ4n) is 3.84. The molecule has 1 unspecified atom stereocenters. The van der Waals surface area contributed by atoms with Gasteiger partial charge in [-0.1, -0.05) is 12.1 Å². The van der Waals surface area contributed by atoms with Gasteiger partial charge in [0.2, 0.25) is 0 Å². The van der Waals surface area contributed by atoms with Gasteiger partial charge in [-0.05, 0) is 66.0 Å². The number of carbonyl (C=O) groups excluding carboxylic acids is 3. The van der Waals surface area contributed by atoms with E-state index < -0.39 is 23.6 Å². The van der Waals surface area contributed by atoms with Crippen molar-refractivity contribution in [2.24, 2.45) is 0 Å². The Morgan fingerprint density at radius 1 is 1.03 bits per heavy atom. The number of hydrogen-bond donors (Lipinski definition) is 1. The summed E-state index contributed by atoms with van der Waals surface area (Å²) in [7, 11) is 0. The average Bonchev–Trinajstić information content (AvgIpc) is 3.24. The highest BCUT2D eigenvalue weighted by atomic mass is 16.6. The van der Waals surface area contributed by atoms with Gasteiger partial charge in [-0.2, -0.15) is 0 Å². The number of benzene rings is 1. The normalized spacial score (nSPS) is 16.1. The number of aromatic nitrogens is 2. The zero-order valence-corrected chi connectivity index (χ0v) is 20.5. The number of esters is 2. The Balaban J connectivity index is 1.97. The molecule has 1 amide bonds. The first-order valence-electron chi connectivity index (χ1n) is 11.7. The fraction of sp³-hybridized carbons (Fsp3) is 0.520. The SMILES string of the molecule is CCOC(=O)c1ccc(-c2nc(C3CCCCN3C(=O)OC(C)(C)C)[nH]c2C(=O)OCC)cc1. The van der Waals surface area contributed by atoms with Gasteiger partial charge < -0.3 is 19.2 Å². The lowest BCUT2D eigenvalue weighted by Crippen LogP contribution is -2.42. The Labute approximate surface area is 199 Å². The van der Waals surface area contributed by atoms with Crippen LogP contribution >= 0.6 is 0 Å². The van der Waals surface area contributed by atoms with E-state index in [0.717, 1.165) is 12.8 Å². The Bertz CT molecular complexity index is 1020. The minimum Gasteiger partial charge on any atom is -0.462 e. The van der Waals surface area contributed by atoms with Crippen molar-refractivity contribution in [2.75, 3.05) is 19.8 Å². The fourth-order valence-corrected chi connectivity index (χ4v) is 3.84. The molecule has 9 nitrogen and oxygen atoms in total. The summed E-state index contributed by atoms with van der Waals surface area (Å²) >= 11 is 0. The standard InChI is InChI=1S/C25H33N3O6/c1-6-32-22(29)17-13-11-16(12-14-17)19-20(23(30)33-7-2)27-21(26-19)18-10-8-9-15-28(18)24(31)34-25(3,4)5/h11-14,18H,6-10,15H2,1-5H3,(H,26,27). The van der Waals surface area contributed by atoms with Crippen LogP contribution in [0.15, 0.2) is 24.3 Å². The molecule has 184 valence electrons. The summed E-state index contributed by atoms with van der Waals surface area (Å²) in [6.07, 6.45) is 2.06. The maximum Gasteiger partial charge on any atom is 0.410 e. The lowest BCUT2D eigenvalue weighted by Gasteiger charge is -2.35. The van der Waals surface area contributed by atoms with Crippen LogP contribution in [-0.4, -0.2) is 58.3 Å². The molecule has 0 radical (unpaired) electrons. The van der Waals surface area contributed by atoms with Crippen molar-refractivity contribution in [3.05, 3.63) is 41.3 Å². The number of piperidine rings is 1. The molecule has 1 atom stereocenters. The summed E-state index contributed by atoms with van der Waals surface area (Å²) < 4.78 is 15.9. The quantitative estimate of drug-likeness (QED) is 0.471. The smallest absolute Gasteiger partial charge is 0.410 e. The first kappa shape index (κ1) is 25.3. The molecule has 1 aliphatic rings. The Hall–Kier alpha value is -3.36. The van der Waals surface area contributed by atoms with E-state index in [4.69, 9.17) is 19.2 Å². The van der Waals surface area contributed by atoms with Gasteiger partial charge in [-0.15, -0.1) is 0 Å². The summed E-state index contributed by atoms with van der Waals surface area (Å²) in [5, 5.41) is 0. The summed E-state index contributed by atoms with van der Waals surface area (Å²) in [5.41, 5.74) is 1.03. The molecule has 1 fully saturated rings. The van der Waals surface area contributed by atoms with Crippen LogP contribution in [0.3, 0.4) is 0 Å². The topological polar surface area (TPSA) is 111 Å². The number of H-pyrrole nitrogens is 1. The van der Waals surface area contributed by atoms with Crippen molar-refractivity contribution >= 4 is 18.0 Å². The van der Waals surface area contributed by atoms with Crippen LogP contribution in [-0.2, 0) is 14.2 Å². The molecule has 34 heavy (non-hydrogen) atoms. The molecule has 0 aliphatic carbocycles.